The summed E-state index contributed by atoms with van der Waals surface area (Å²) in [5, 5.41) is 15.9. The maximum Gasteiger partial charge on any atom is 0.111 e. The first kappa shape index (κ1) is 15.0. The van der Waals surface area contributed by atoms with E-state index in [4.69, 9.17) is 10.5 Å². The molecule has 0 aliphatic rings. The summed E-state index contributed by atoms with van der Waals surface area (Å²) >= 11 is 1.65. The van der Waals surface area contributed by atoms with Gasteiger partial charge in [-0.25, -0.2) is 0 Å². The second-order valence-electron chi connectivity index (χ2n) is 1.83. The van der Waals surface area contributed by atoms with E-state index < -0.39 is 10.8 Å². The highest BCUT2D eigenvalue weighted by Crippen LogP contribution is 1.93. The summed E-state index contributed by atoms with van der Waals surface area (Å²) in [5.74, 6) is 2.45. The second kappa shape index (κ2) is 14.0. The molecule has 0 aromatic carbocycles. The lowest BCUT2D eigenvalue weighted by atomic mass is 10.9. The lowest BCUT2D eigenvalue weighted by Crippen LogP contribution is -1.95. The van der Waals surface area contributed by atoms with Gasteiger partial charge in [-0.3, -0.25) is 4.21 Å². The summed E-state index contributed by atoms with van der Waals surface area (Å²) < 4.78 is 10.3. The molecule has 0 rings (SSSR count). The van der Waals surface area contributed by atoms with Crippen molar-refractivity contribution in [3.8, 4) is 12.1 Å². The number of rotatable bonds is 4. The molecule has 1 atom stereocenters. The Morgan fingerprint density at radius 1 is 1.31 bits per heavy atom. The van der Waals surface area contributed by atoms with Gasteiger partial charge in [0, 0.05) is 16.6 Å². The van der Waals surface area contributed by atoms with E-state index in [-0.39, 0.29) is 5.75 Å². The minimum atomic E-state index is -0.888. The summed E-state index contributed by atoms with van der Waals surface area (Å²) in [6.07, 6.45) is 0. The van der Waals surface area contributed by atoms with Gasteiger partial charge in [0.2, 0.25) is 0 Å². The van der Waals surface area contributed by atoms with Crippen LogP contribution in [0.3, 0.4) is 0 Å². The van der Waals surface area contributed by atoms with Crippen LogP contribution in [0, 0.1) is 22.7 Å². The molecule has 0 amide bonds. The highest BCUT2D eigenvalue weighted by atomic mass is 32.2. The summed E-state index contributed by atoms with van der Waals surface area (Å²) in [7, 11) is -0.888. The first-order chi connectivity index (χ1) is 6.22. The van der Waals surface area contributed by atoms with Gasteiger partial charge in [0.1, 0.15) is 5.75 Å². The van der Waals surface area contributed by atoms with E-state index in [1.807, 2.05) is 19.1 Å². The van der Waals surface area contributed by atoms with Crippen LogP contribution in [0.15, 0.2) is 0 Å². The molecule has 0 N–H and O–H groups in total. The Kier molecular flexibility index (Phi) is 16.2. The molecule has 0 aromatic heterocycles. The third kappa shape index (κ3) is 18.4. The third-order valence-electron chi connectivity index (χ3n) is 0.918. The smallest absolute Gasteiger partial charge is 0.111 e. The Morgan fingerprint density at radius 3 is 2.08 bits per heavy atom. The SMILES string of the molecule is CCS(=O)CC#N.CCSCC#N. The minimum Gasteiger partial charge on any atom is -0.259 e. The standard InChI is InChI=1S/C4H7NOS.C4H7NS/c1-2-7(6)4-3-5;1-2-6-4-3-5/h2,4H2,1H3;2,4H2,1H3. The Balaban J connectivity index is 0. The van der Waals surface area contributed by atoms with Gasteiger partial charge >= 0.3 is 0 Å². The van der Waals surface area contributed by atoms with Gasteiger partial charge < -0.3 is 0 Å². The minimum absolute atomic E-state index is 0.177. The average Bonchev–Trinajstić information content (AvgIpc) is 2.16. The molecule has 0 saturated carbocycles. The summed E-state index contributed by atoms with van der Waals surface area (Å²) in [4.78, 5) is 0. The van der Waals surface area contributed by atoms with Crippen LogP contribution in [0.4, 0.5) is 0 Å². The Labute approximate surface area is 86.6 Å². The van der Waals surface area contributed by atoms with E-state index in [2.05, 4.69) is 0 Å². The van der Waals surface area contributed by atoms with Gasteiger partial charge in [-0.15, -0.1) is 11.8 Å². The van der Waals surface area contributed by atoms with Crippen molar-refractivity contribution >= 4 is 22.6 Å². The quantitative estimate of drug-likeness (QED) is 0.671. The molecule has 0 spiro atoms. The number of nitrogens with zero attached hydrogens (tertiary/aromatic N) is 2. The number of thioether (sulfide) groups is 1. The van der Waals surface area contributed by atoms with Crippen molar-refractivity contribution in [2.45, 2.75) is 13.8 Å². The molecule has 1 unspecified atom stereocenters. The van der Waals surface area contributed by atoms with Crippen molar-refractivity contribution < 1.29 is 4.21 Å². The van der Waals surface area contributed by atoms with Crippen LogP contribution < -0.4 is 0 Å². The molecule has 0 aromatic rings. The van der Waals surface area contributed by atoms with Gasteiger partial charge in [0.15, 0.2) is 0 Å². The molecule has 0 aliphatic heterocycles. The van der Waals surface area contributed by atoms with Crippen LogP contribution in [0.25, 0.3) is 0 Å². The van der Waals surface area contributed by atoms with Crippen molar-refractivity contribution in [1.29, 1.82) is 10.5 Å². The monoisotopic (exact) mass is 218 g/mol. The number of nitriles is 2. The van der Waals surface area contributed by atoms with Crippen LogP contribution in [0.1, 0.15) is 13.8 Å². The zero-order valence-electron chi connectivity index (χ0n) is 7.95. The molecular weight excluding hydrogens is 204 g/mol. The number of hydrogen-bond donors (Lipinski definition) is 0. The molecule has 0 radical (unpaired) electrons. The Bertz CT molecular complexity index is 205. The lowest BCUT2D eigenvalue weighted by molar-refractivity contribution is 0.686. The molecular formula is C8H14N2OS2. The van der Waals surface area contributed by atoms with Crippen molar-refractivity contribution in [3.63, 3.8) is 0 Å². The largest absolute Gasteiger partial charge is 0.259 e. The van der Waals surface area contributed by atoms with Crippen molar-refractivity contribution in [3.05, 3.63) is 0 Å². The van der Waals surface area contributed by atoms with E-state index in [0.29, 0.717) is 11.5 Å². The highest BCUT2D eigenvalue weighted by Gasteiger charge is 1.88. The maximum atomic E-state index is 10.3. The highest BCUT2D eigenvalue weighted by molar-refractivity contribution is 7.99. The predicted molar refractivity (Wildman–Crippen MR) is 57.8 cm³/mol. The Morgan fingerprint density at radius 2 is 1.92 bits per heavy atom. The third-order valence-corrected chi connectivity index (χ3v) is 2.75. The zero-order chi connectivity index (χ0) is 10.5. The molecule has 13 heavy (non-hydrogen) atoms. The zero-order valence-corrected chi connectivity index (χ0v) is 9.58. The normalized spacial score (nSPS) is 10.2. The molecule has 0 bridgehead atoms. The lowest BCUT2D eigenvalue weighted by Gasteiger charge is -1.82. The molecule has 74 valence electrons. The topological polar surface area (TPSA) is 64.7 Å². The molecule has 0 heterocycles. The van der Waals surface area contributed by atoms with Crippen LogP contribution >= 0.6 is 11.8 Å². The summed E-state index contributed by atoms with van der Waals surface area (Å²) in [5.41, 5.74) is 0. The Hall–Kier alpha value is -0.520. The summed E-state index contributed by atoms with van der Waals surface area (Å²) in [6, 6.07) is 3.85. The average molecular weight is 218 g/mol. The van der Waals surface area contributed by atoms with Gasteiger partial charge in [-0.05, 0) is 5.75 Å². The van der Waals surface area contributed by atoms with E-state index in [1.165, 1.54) is 0 Å². The molecule has 0 saturated heterocycles. The van der Waals surface area contributed by atoms with E-state index in [1.54, 1.807) is 18.7 Å². The molecule has 0 aliphatic carbocycles. The predicted octanol–water partition coefficient (Wildman–Crippen LogP) is 1.54. The fraction of sp³-hybridized carbons (Fsp3) is 0.750. The summed E-state index contributed by atoms with van der Waals surface area (Å²) in [6.45, 7) is 3.84. The van der Waals surface area contributed by atoms with E-state index in [0.717, 1.165) is 5.75 Å². The van der Waals surface area contributed by atoms with Crippen molar-refractivity contribution in [1.82, 2.24) is 0 Å². The molecule has 3 nitrogen and oxygen atoms in total. The first-order valence-corrected chi connectivity index (χ1v) is 6.53. The van der Waals surface area contributed by atoms with Crippen molar-refractivity contribution in [2.24, 2.45) is 0 Å². The maximum absolute atomic E-state index is 10.3. The van der Waals surface area contributed by atoms with Crippen LogP contribution in [0.2, 0.25) is 0 Å². The van der Waals surface area contributed by atoms with Crippen LogP contribution in [-0.2, 0) is 10.8 Å². The molecule has 5 heteroatoms. The fourth-order valence-electron chi connectivity index (χ4n) is 0.322. The fourth-order valence-corrected chi connectivity index (χ4v) is 0.965. The number of hydrogen-bond acceptors (Lipinski definition) is 4. The van der Waals surface area contributed by atoms with E-state index in [9.17, 15) is 4.21 Å². The van der Waals surface area contributed by atoms with Crippen LogP contribution in [0.5, 0.6) is 0 Å². The van der Waals surface area contributed by atoms with Gasteiger partial charge in [0.25, 0.3) is 0 Å². The molecule has 0 fully saturated rings. The second-order valence-corrected chi connectivity index (χ2v) is 4.85. The van der Waals surface area contributed by atoms with Crippen molar-refractivity contribution in [2.75, 3.05) is 23.0 Å². The van der Waals surface area contributed by atoms with Gasteiger partial charge in [0.05, 0.1) is 17.9 Å². The van der Waals surface area contributed by atoms with Gasteiger partial charge in [-0.1, -0.05) is 13.8 Å². The van der Waals surface area contributed by atoms with Gasteiger partial charge in [-0.2, -0.15) is 10.5 Å². The first-order valence-electron chi connectivity index (χ1n) is 3.89. The van der Waals surface area contributed by atoms with Crippen LogP contribution in [-0.4, -0.2) is 27.2 Å². The van der Waals surface area contributed by atoms with E-state index >= 15 is 0 Å².